The zero-order chi connectivity index (χ0) is 13.0. The second-order valence-electron chi connectivity index (χ2n) is 4.55. The van der Waals surface area contributed by atoms with Crippen molar-refractivity contribution in [2.24, 2.45) is 0 Å². The number of halogens is 1. The lowest BCUT2D eigenvalue weighted by Crippen LogP contribution is -2.25. The molecule has 4 heteroatoms. The van der Waals surface area contributed by atoms with Gasteiger partial charge in [0, 0.05) is 23.4 Å². The normalized spacial score (nSPS) is 20.3. The number of hydrogen-bond acceptors (Lipinski definition) is 3. The fraction of sp³-hybridized carbons (Fsp3) is 0.500. The Bertz CT molecular complexity index is 456. The summed E-state index contributed by atoms with van der Waals surface area (Å²) >= 11 is 8.00. The number of benzene rings is 1. The number of rotatable bonds is 2. The lowest BCUT2D eigenvalue weighted by Gasteiger charge is -2.24. The van der Waals surface area contributed by atoms with Crippen LogP contribution < -0.4 is 4.90 Å². The van der Waals surface area contributed by atoms with Crippen molar-refractivity contribution in [3.05, 3.63) is 28.8 Å². The molecule has 0 aromatic heterocycles. The van der Waals surface area contributed by atoms with Gasteiger partial charge in [0.1, 0.15) is 6.07 Å². The van der Waals surface area contributed by atoms with Crippen LogP contribution in [0.25, 0.3) is 0 Å². The van der Waals surface area contributed by atoms with Crippen LogP contribution in [0, 0.1) is 11.3 Å². The lowest BCUT2D eigenvalue weighted by molar-refractivity contribution is 0.745. The van der Waals surface area contributed by atoms with Crippen molar-refractivity contribution in [2.45, 2.75) is 24.5 Å². The van der Waals surface area contributed by atoms with E-state index >= 15 is 0 Å². The minimum Gasteiger partial charge on any atom is -0.370 e. The highest BCUT2D eigenvalue weighted by Gasteiger charge is 2.18. The first-order valence-electron chi connectivity index (χ1n) is 6.22. The average molecular weight is 281 g/mol. The van der Waals surface area contributed by atoms with E-state index in [0.29, 0.717) is 5.02 Å². The van der Waals surface area contributed by atoms with E-state index < -0.39 is 0 Å². The standard InChI is InChI=1S/C14H17ClN2S/c1-18-13-3-2-7-17(8-6-13)14-9-12(15)5-4-11(14)10-16/h4-5,9,13H,2-3,6-8H2,1H3. The highest BCUT2D eigenvalue weighted by atomic mass is 35.5. The molecule has 1 saturated heterocycles. The van der Waals surface area contributed by atoms with Gasteiger partial charge in [0.2, 0.25) is 0 Å². The third-order valence-electron chi connectivity index (χ3n) is 3.43. The molecule has 1 aliphatic heterocycles. The lowest BCUT2D eigenvalue weighted by atomic mass is 10.1. The van der Waals surface area contributed by atoms with Gasteiger partial charge in [0.05, 0.1) is 11.3 Å². The molecule has 2 rings (SSSR count). The van der Waals surface area contributed by atoms with Crippen molar-refractivity contribution in [2.75, 3.05) is 24.2 Å². The fourth-order valence-electron chi connectivity index (χ4n) is 2.40. The molecule has 0 bridgehead atoms. The summed E-state index contributed by atoms with van der Waals surface area (Å²) in [5.74, 6) is 0. The van der Waals surface area contributed by atoms with Crippen LogP contribution in [-0.2, 0) is 0 Å². The zero-order valence-electron chi connectivity index (χ0n) is 10.5. The minimum atomic E-state index is 0.703. The van der Waals surface area contributed by atoms with Gasteiger partial charge in [-0.05, 0) is 43.7 Å². The fourth-order valence-corrected chi connectivity index (χ4v) is 3.31. The molecule has 1 aromatic carbocycles. The van der Waals surface area contributed by atoms with E-state index in [2.05, 4.69) is 17.2 Å². The average Bonchev–Trinajstić information content (AvgIpc) is 2.63. The number of nitriles is 1. The van der Waals surface area contributed by atoms with Crippen molar-refractivity contribution in [1.82, 2.24) is 0 Å². The first-order valence-corrected chi connectivity index (χ1v) is 7.88. The van der Waals surface area contributed by atoms with E-state index in [4.69, 9.17) is 11.6 Å². The van der Waals surface area contributed by atoms with Gasteiger partial charge in [-0.1, -0.05) is 11.6 Å². The zero-order valence-corrected chi connectivity index (χ0v) is 12.1. The third kappa shape index (κ3) is 3.13. The van der Waals surface area contributed by atoms with Gasteiger partial charge in [0.25, 0.3) is 0 Å². The molecule has 0 radical (unpaired) electrons. The van der Waals surface area contributed by atoms with E-state index in [9.17, 15) is 5.26 Å². The van der Waals surface area contributed by atoms with Gasteiger partial charge in [-0.25, -0.2) is 0 Å². The predicted octanol–water partition coefficient (Wildman–Crippen LogP) is 3.93. The van der Waals surface area contributed by atoms with Gasteiger partial charge in [-0.15, -0.1) is 0 Å². The Hall–Kier alpha value is -0.850. The second-order valence-corrected chi connectivity index (χ2v) is 6.12. The van der Waals surface area contributed by atoms with Crippen LogP contribution in [0.2, 0.25) is 5.02 Å². The summed E-state index contributed by atoms with van der Waals surface area (Å²) in [6, 6.07) is 7.77. The Morgan fingerprint density at radius 1 is 1.39 bits per heavy atom. The molecule has 0 spiro atoms. The van der Waals surface area contributed by atoms with Crippen molar-refractivity contribution < 1.29 is 0 Å². The van der Waals surface area contributed by atoms with Crippen LogP contribution in [0.15, 0.2) is 18.2 Å². The highest BCUT2D eigenvalue weighted by Crippen LogP contribution is 2.29. The van der Waals surface area contributed by atoms with Crippen LogP contribution in [0.3, 0.4) is 0 Å². The summed E-state index contributed by atoms with van der Waals surface area (Å²) in [4.78, 5) is 2.31. The van der Waals surface area contributed by atoms with Gasteiger partial charge in [-0.2, -0.15) is 17.0 Å². The van der Waals surface area contributed by atoms with Crippen LogP contribution in [0.5, 0.6) is 0 Å². The van der Waals surface area contributed by atoms with Crippen molar-refractivity contribution >= 4 is 29.1 Å². The maximum absolute atomic E-state index is 9.18. The third-order valence-corrected chi connectivity index (χ3v) is 4.80. The van der Waals surface area contributed by atoms with Crippen LogP contribution in [-0.4, -0.2) is 24.6 Å². The molecule has 0 aliphatic carbocycles. The summed E-state index contributed by atoms with van der Waals surface area (Å²) in [7, 11) is 0. The van der Waals surface area contributed by atoms with E-state index in [1.165, 1.54) is 19.3 Å². The monoisotopic (exact) mass is 280 g/mol. The second kappa shape index (κ2) is 6.36. The smallest absolute Gasteiger partial charge is 0.101 e. The molecule has 1 heterocycles. The Balaban J connectivity index is 2.21. The Kier molecular flexibility index (Phi) is 4.79. The van der Waals surface area contributed by atoms with Crippen LogP contribution in [0.1, 0.15) is 24.8 Å². The summed E-state index contributed by atoms with van der Waals surface area (Å²) in [5, 5.41) is 10.6. The largest absolute Gasteiger partial charge is 0.370 e. The first-order chi connectivity index (χ1) is 8.74. The van der Waals surface area contributed by atoms with Crippen molar-refractivity contribution in [3.8, 4) is 6.07 Å². The van der Waals surface area contributed by atoms with Crippen molar-refractivity contribution in [1.29, 1.82) is 5.26 Å². The van der Waals surface area contributed by atoms with E-state index in [-0.39, 0.29) is 0 Å². The van der Waals surface area contributed by atoms with Gasteiger partial charge in [-0.3, -0.25) is 0 Å². The van der Waals surface area contributed by atoms with E-state index in [0.717, 1.165) is 29.6 Å². The molecule has 1 fully saturated rings. The minimum absolute atomic E-state index is 0.703. The topological polar surface area (TPSA) is 27.0 Å². The van der Waals surface area contributed by atoms with E-state index in [1.807, 2.05) is 23.9 Å². The summed E-state index contributed by atoms with van der Waals surface area (Å²) in [6.07, 6.45) is 5.81. The first kappa shape index (κ1) is 13.6. The van der Waals surface area contributed by atoms with Gasteiger partial charge >= 0.3 is 0 Å². The molecule has 1 unspecified atom stereocenters. The number of anilines is 1. The molecule has 2 nitrogen and oxygen atoms in total. The van der Waals surface area contributed by atoms with Crippen molar-refractivity contribution in [3.63, 3.8) is 0 Å². The number of nitrogens with zero attached hydrogens (tertiary/aromatic N) is 2. The molecule has 0 amide bonds. The molecule has 1 atom stereocenters. The predicted molar refractivity (Wildman–Crippen MR) is 79.5 cm³/mol. The molecule has 1 aromatic rings. The molecule has 1 aliphatic rings. The maximum atomic E-state index is 9.18. The van der Waals surface area contributed by atoms with E-state index in [1.54, 1.807) is 6.07 Å². The molecular weight excluding hydrogens is 264 g/mol. The molecule has 18 heavy (non-hydrogen) atoms. The van der Waals surface area contributed by atoms with Crippen LogP contribution in [0.4, 0.5) is 5.69 Å². The number of hydrogen-bond donors (Lipinski definition) is 0. The Morgan fingerprint density at radius 2 is 2.22 bits per heavy atom. The molecule has 0 N–H and O–H groups in total. The summed E-state index contributed by atoms with van der Waals surface area (Å²) in [5.41, 5.74) is 1.72. The Labute approximate surface area is 118 Å². The number of thioether (sulfide) groups is 1. The quantitative estimate of drug-likeness (QED) is 0.821. The van der Waals surface area contributed by atoms with Gasteiger partial charge in [0.15, 0.2) is 0 Å². The SMILES string of the molecule is CSC1CCCN(c2cc(Cl)ccc2C#N)CC1. The van der Waals surface area contributed by atoms with Crippen LogP contribution >= 0.6 is 23.4 Å². The molecule has 0 saturated carbocycles. The maximum Gasteiger partial charge on any atom is 0.101 e. The Morgan fingerprint density at radius 3 is 2.94 bits per heavy atom. The molecular formula is C14H17ClN2S. The highest BCUT2D eigenvalue weighted by molar-refractivity contribution is 7.99. The summed E-state index contributed by atoms with van der Waals surface area (Å²) < 4.78 is 0. The molecule has 96 valence electrons. The summed E-state index contributed by atoms with van der Waals surface area (Å²) in [6.45, 7) is 2.03. The van der Waals surface area contributed by atoms with Gasteiger partial charge < -0.3 is 4.90 Å².